The number of fused-ring (bicyclic) bond motifs is 1. The van der Waals surface area contributed by atoms with E-state index < -0.39 is 0 Å². The number of thioether (sulfide) groups is 1. The summed E-state index contributed by atoms with van der Waals surface area (Å²) in [4.78, 5) is 1.06. The van der Waals surface area contributed by atoms with Gasteiger partial charge in [0.15, 0.2) is 5.11 Å². The summed E-state index contributed by atoms with van der Waals surface area (Å²) in [6.07, 6.45) is 3.19. The Balaban J connectivity index is 1.58. The molecule has 0 aromatic heterocycles. The molecule has 0 bridgehead atoms. The fraction of sp³-hybridized carbons (Fsp3) is 0.467. The summed E-state index contributed by atoms with van der Waals surface area (Å²) >= 11 is 6.94. The molecule has 4 nitrogen and oxygen atoms in total. The third kappa shape index (κ3) is 3.97. The quantitative estimate of drug-likeness (QED) is 0.655. The number of ether oxygens (including phenoxy) is 1. The van der Waals surface area contributed by atoms with E-state index in [-0.39, 0.29) is 11.9 Å². The van der Waals surface area contributed by atoms with Crippen LogP contribution in [0.3, 0.4) is 0 Å². The lowest BCUT2D eigenvalue weighted by Crippen LogP contribution is -2.37. The first-order valence-corrected chi connectivity index (χ1v) is 8.76. The van der Waals surface area contributed by atoms with Gasteiger partial charge in [0.2, 0.25) is 0 Å². The summed E-state index contributed by atoms with van der Waals surface area (Å²) in [5, 5.41) is 7.93. The number of nitrogens with zero attached hydrogens (tertiary/aromatic N) is 1. The minimum Gasteiger partial charge on any atom is -0.376 e. The fourth-order valence-corrected chi connectivity index (χ4v) is 3.67. The van der Waals surface area contributed by atoms with Crippen molar-refractivity contribution in [1.82, 2.24) is 10.7 Å². The van der Waals surface area contributed by atoms with Crippen LogP contribution in [0.1, 0.15) is 24.8 Å². The van der Waals surface area contributed by atoms with Crippen LogP contribution in [0.5, 0.6) is 0 Å². The summed E-state index contributed by atoms with van der Waals surface area (Å²) < 4.78 is 19.0. The van der Waals surface area contributed by atoms with Crippen LogP contribution in [0.15, 0.2) is 28.2 Å². The highest BCUT2D eigenvalue weighted by Gasteiger charge is 2.18. The molecule has 3 rings (SSSR count). The molecule has 7 heteroatoms. The normalized spacial score (nSPS) is 22.4. The SMILES string of the molecule is Fc1ccc2c(c1)/C(=N\NC(=S)NC[C@@H]1CCCO1)CCS2. The van der Waals surface area contributed by atoms with Gasteiger partial charge in [-0.2, -0.15) is 5.10 Å². The number of nitrogens with one attached hydrogen (secondary N) is 2. The van der Waals surface area contributed by atoms with Crippen LogP contribution in [0.2, 0.25) is 0 Å². The maximum Gasteiger partial charge on any atom is 0.187 e. The van der Waals surface area contributed by atoms with Gasteiger partial charge in [0.25, 0.3) is 0 Å². The first-order valence-electron chi connectivity index (χ1n) is 7.37. The monoisotopic (exact) mass is 339 g/mol. The second kappa shape index (κ2) is 7.39. The maximum atomic E-state index is 13.4. The molecular weight excluding hydrogens is 321 g/mol. The Labute approximate surface area is 138 Å². The highest BCUT2D eigenvalue weighted by atomic mass is 32.2. The zero-order valence-corrected chi connectivity index (χ0v) is 13.7. The molecule has 1 saturated heterocycles. The van der Waals surface area contributed by atoms with Crippen LogP contribution in [0.25, 0.3) is 0 Å². The molecule has 1 atom stereocenters. The van der Waals surface area contributed by atoms with E-state index in [1.54, 1.807) is 17.8 Å². The van der Waals surface area contributed by atoms with Crippen LogP contribution in [-0.4, -0.2) is 35.8 Å². The second-order valence-corrected chi connectivity index (χ2v) is 6.80. The van der Waals surface area contributed by atoms with Gasteiger partial charge >= 0.3 is 0 Å². The summed E-state index contributed by atoms with van der Waals surface area (Å²) in [5.41, 5.74) is 4.55. The molecule has 1 aromatic rings. The second-order valence-electron chi connectivity index (χ2n) is 5.25. The molecule has 0 saturated carbocycles. The van der Waals surface area contributed by atoms with E-state index in [2.05, 4.69) is 15.8 Å². The van der Waals surface area contributed by atoms with Crippen LogP contribution in [-0.2, 0) is 4.74 Å². The van der Waals surface area contributed by atoms with Gasteiger partial charge in [0.1, 0.15) is 5.82 Å². The Morgan fingerprint density at radius 1 is 1.50 bits per heavy atom. The first-order chi connectivity index (χ1) is 10.7. The summed E-state index contributed by atoms with van der Waals surface area (Å²) in [6, 6.07) is 4.82. The summed E-state index contributed by atoms with van der Waals surface area (Å²) in [5.74, 6) is 0.697. The highest BCUT2D eigenvalue weighted by Crippen LogP contribution is 2.30. The summed E-state index contributed by atoms with van der Waals surface area (Å²) in [7, 11) is 0. The van der Waals surface area contributed by atoms with Crippen molar-refractivity contribution in [2.75, 3.05) is 18.9 Å². The third-order valence-electron chi connectivity index (χ3n) is 3.66. The van der Waals surface area contributed by atoms with E-state index in [4.69, 9.17) is 17.0 Å². The maximum absolute atomic E-state index is 13.4. The Morgan fingerprint density at radius 2 is 2.41 bits per heavy atom. The van der Waals surface area contributed by atoms with Crippen LogP contribution >= 0.6 is 24.0 Å². The lowest BCUT2D eigenvalue weighted by molar-refractivity contribution is 0.114. The van der Waals surface area contributed by atoms with E-state index in [1.165, 1.54) is 12.1 Å². The van der Waals surface area contributed by atoms with E-state index in [9.17, 15) is 4.39 Å². The molecule has 2 heterocycles. The number of halogens is 1. The van der Waals surface area contributed by atoms with Crippen molar-refractivity contribution >= 4 is 34.8 Å². The molecule has 2 aliphatic heterocycles. The van der Waals surface area contributed by atoms with Crippen molar-refractivity contribution in [1.29, 1.82) is 0 Å². The van der Waals surface area contributed by atoms with Crippen LogP contribution in [0, 0.1) is 5.82 Å². The number of rotatable bonds is 3. The molecule has 0 radical (unpaired) electrons. The number of hydrogen-bond acceptors (Lipinski definition) is 4. The van der Waals surface area contributed by atoms with Crippen molar-refractivity contribution in [2.24, 2.45) is 5.10 Å². The van der Waals surface area contributed by atoms with E-state index in [1.807, 2.05) is 0 Å². The molecule has 0 aliphatic carbocycles. The lowest BCUT2D eigenvalue weighted by atomic mass is 10.1. The van der Waals surface area contributed by atoms with Gasteiger partial charge in [-0.05, 0) is 43.3 Å². The topological polar surface area (TPSA) is 45.7 Å². The lowest BCUT2D eigenvalue weighted by Gasteiger charge is -2.18. The molecule has 0 unspecified atom stereocenters. The summed E-state index contributed by atoms with van der Waals surface area (Å²) in [6.45, 7) is 1.52. The minimum atomic E-state index is -0.243. The van der Waals surface area contributed by atoms with E-state index in [0.717, 1.165) is 47.8 Å². The molecule has 2 aliphatic rings. The smallest absolute Gasteiger partial charge is 0.187 e. The predicted molar refractivity (Wildman–Crippen MR) is 91.0 cm³/mol. The molecule has 118 valence electrons. The average Bonchev–Trinajstić information content (AvgIpc) is 3.04. The van der Waals surface area contributed by atoms with Crippen molar-refractivity contribution < 1.29 is 9.13 Å². The van der Waals surface area contributed by atoms with Crippen LogP contribution in [0.4, 0.5) is 4.39 Å². The molecular formula is C15H18FN3OS2. The van der Waals surface area contributed by atoms with Gasteiger partial charge in [0, 0.05) is 35.8 Å². The van der Waals surface area contributed by atoms with Gasteiger partial charge in [0.05, 0.1) is 11.8 Å². The average molecular weight is 339 g/mol. The minimum absolute atomic E-state index is 0.230. The van der Waals surface area contributed by atoms with Gasteiger partial charge in [-0.1, -0.05) is 0 Å². The third-order valence-corrected chi connectivity index (χ3v) is 4.97. The van der Waals surface area contributed by atoms with Crippen LogP contribution < -0.4 is 10.7 Å². The standard InChI is InChI=1S/C15H18FN3OS2/c16-10-3-4-14-12(8-10)13(5-7-22-14)18-19-15(21)17-9-11-2-1-6-20-11/h3-4,8,11H,1-2,5-7,9H2,(H2,17,19,21)/b18-13-/t11-/m0/s1. The van der Waals surface area contributed by atoms with Crippen molar-refractivity contribution in [3.8, 4) is 0 Å². The van der Waals surface area contributed by atoms with Crippen molar-refractivity contribution in [3.63, 3.8) is 0 Å². The molecule has 22 heavy (non-hydrogen) atoms. The largest absolute Gasteiger partial charge is 0.376 e. The number of hydrogen-bond donors (Lipinski definition) is 2. The molecule has 1 fully saturated rings. The highest BCUT2D eigenvalue weighted by molar-refractivity contribution is 7.99. The molecule has 2 N–H and O–H groups in total. The van der Waals surface area contributed by atoms with Gasteiger partial charge < -0.3 is 10.1 Å². The Bertz CT molecular complexity index is 588. The number of benzene rings is 1. The van der Waals surface area contributed by atoms with Crippen molar-refractivity contribution in [3.05, 3.63) is 29.6 Å². The number of hydrazone groups is 1. The molecule has 1 aromatic carbocycles. The Hall–Kier alpha value is -1.18. The fourth-order valence-electron chi connectivity index (χ4n) is 2.53. The zero-order valence-electron chi connectivity index (χ0n) is 12.1. The predicted octanol–water partition coefficient (Wildman–Crippen LogP) is 2.67. The molecule has 0 amide bonds. The zero-order chi connectivity index (χ0) is 15.4. The number of thiocarbonyl (C=S) groups is 1. The van der Waals surface area contributed by atoms with Gasteiger partial charge in [-0.3, -0.25) is 5.43 Å². The van der Waals surface area contributed by atoms with E-state index in [0.29, 0.717) is 11.7 Å². The Kier molecular flexibility index (Phi) is 5.28. The van der Waals surface area contributed by atoms with Crippen molar-refractivity contribution in [2.45, 2.75) is 30.3 Å². The first kappa shape index (κ1) is 15.7. The Morgan fingerprint density at radius 3 is 3.23 bits per heavy atom. The van der Waals surface area contributed by atoms with Gasteiger partial charge in [-0.15, -0.1) is 11.8 Å². The van der Waals surface area contributed by atoms with Gasteiger partial charge in [-0.25, -0.2) is 4.39 Å². The van der Waals surface area contributed by atoms with E-state index >= 15 is 0 Å². The molecule has 0 spiro atoms.